The van der Waals surface area contributed by atoms with Crippen LogP contribution in [0.25, 0.3) is 0 Å². The lowest BCUT2D eigenvalue weighted by atomic mass is 10.2. The van der Waals surface area contributed by atoms with E-state index in [2.05, 4.69) is 6.92 Å². The Balaban J connectivity index is 3.51. The zero-order valence-electron chi connectivity index (χ0n) is 8.13. The van der Waals surface area contributed by atoms with Gasteiger partial charge in [0.25, 0.3) is 0 Å². The first-order valence-electron chi connectivity index (χ1n) is 4.76. The number of amides is 1. The van der Waals surface area contributed by atoms with E-state index in [0.717, 1.165) is 12.8 Å². The van der Waals surface area contributed by atoms with Crippen molar-refractivity contribution in [1.29, 1.82) is 0 Å². The molecule has 3 nitrogen and oxygen atoms in total. The van der Waals surface area contributed by atoms with Crippen LogP contribution in [0.5, 0.6) is 0 Å². The third kappa shape index (κ3) is 6.70. The van der Waals surface area contributed by atoms with E-state index in [9.17, 15) is 4.79 Å². The van der Waals surface area contributed by atoms with E-state index in [0.29, 0.717) is 19.0 Å². The SMILES string of the molecule is CCCCCCN(CCCl)C(=O)O. The molecule has 0 atom stereocenters. The van der Waals surface area contributed by atoms with Gasteiger partial charge in [0.1, 0.15) is 0 Å². The molecule has 0 aliphatic carbocycles. The van der Waals surface area contributed by atoms with Crippen LogP contribution < -0.4 is 0 Å². The fourth-order valence-electron chi connectivity index (χ4n) is 1.13. The van der Waals surface area contributed by atoms with Gasteiger partial charge in [-0.1, -0.05) is 26.2 Å². The number of hydrogen-bond donors (Lipinski definition) is 1. The molecule has 0 heterocycles. The summed E-state index contributed by atoms with van der Waals surface area (Å²) in [5.41, 5.74) is 0. The molecule has 1 N–H and O–H groups in total. The van der Waals surface area contributed by atoms with Crippen LogP contribution >= 0.6 is 11.6 Å². The van der Waals surface area contributed by atoms with E-state index in [4.69, 9.17) is 16.7 Å². The van der Waals surface area contributed by atoms with Crippen molar-refractivity contribution in [2.24, 2.45) is 0 Å². The number of carboxylic acid groups (broad SMARTS) is 1. The van der Waals surface area contributed by atoms with Crippen molar-refractivity contribution in [3.8, 4) is 0 Å². The molecule has 0 aromatic rings. The minimum atomic E-state index is -0.864. The van der Waals surface area contributed by atoms with Crippen molar-refractivity contribution in [1.82, 2.24) is 4.90 Å². The van der Waals surface area contributed by atoms with E-state index in [-0.39, 0.29) is 0 Å². The van der Waals surface area contributed by atoms with Gasteiger partial charge in [-0.3, -0.25) is 0 Å². The summed E-state index contributed by atoms with van der Waals surface area (Å²) in [5.74, 6) is 0.375. The van der Waals surface area contributed by atoms with Gasteiger partial charge >= 0.3 is 6.09 Å². The largest absolute Gasteiger partial charge is 0.465 e. The van der Waals surface area contributed by atoms with Crippen molar-refractivity contribution in [3.63, 3.8) is 0 Å². The maximum atomic E-state index is 10.6. The average molecular weight is 208 g/mol. The van der Waals surface area contributed by atoms with E-state index < -0.39 is 6.09 Å². The number of hydrogen-bond acceptors (Lipinski definition) is 1. The Bertz CT molecular complexity index is 142. The molecule has 0 aliphatic rings. The monoisotopic (exact) mass is 207 g/mol. The summed E-state index contributed by atoms with van der Waals surface area (Å²) in [5, 5.41) is 8.73. The lowest BCUT2D eigenvalue weighted by molar-refractivity contribution is 0.147. The van der Waals surface area contributed by atoms with Gasteiger partial charge in [-0.25, -0.2) is 4.79 Å². The standard InChI is InChI=1S/C9H18ClNO2/c1-2-3-4-5-7-11(8-6-10)9(12)13/h2-8H2,1H3,(H,12,13). The lowest BCUT2D eigenvalue weighted by Gasteiger charge is -2.17. The summed E-state index contributed by atoms with van der Waals surface area (Å²) in [6, 6.07) is 0. The van der Waals surface area contributed by atoms with Crippen LogP contribution in [-0.4, -0.2) is 35.1 Å². The van der Waals surface area contributed by atoms with Crippen LogP contribution in [0.3, 0.4) is 0 Å². The predicted octanol–water partition coefficient (Wildman–Crippen LogP) is 2.79. The van der Waals surface area contributed by atoms with Crippen LogP contribution in [0.1, 0.15) is 32.6 Å². The Hall–Kier alpha value is -0.440. The van der Waals surface area contributed by atoms with Gasteiger partial charge in [0.05, 0.1) is 0 Å². The Kier molecular flexibility index (Phi) is 7.90. The molecule has 78 valence electrons. The number of carbonyl (C=O) groups is 1. The normalized spacial score (nSPS) is 10.0. The summed E-state index contributed by atoms with van der Waals surface area (Å²) in [6.07, 6.45) is 3.52. The summed E-state index contributed by atoms with van der Waals surface area (Å²) >= 11 is 5.48. The maximum absolute atomic E-state index is 10.6. The first-order valence-corrected chi connectivity index (χ1v) is 5.29. The molecule has 0 aromatic carbocycles. The van der Waals surface area contributed by atoms with Crippen LogP contribution in [0.2, 0.25) is 0 Å². The number of nitrogens with zero attached hydrogens (tertiary/aromatic N) is 1. The quantitative estimate of drug-likeness (QED) is 0.515. The fraction of sp³-hybridized carbons (Fsp3) is 0.889. The van der Waals surface area contributed by atoms with Crippen molar-refractivity contribution in [2.75, 3.05) is 19.0 Å². The molecule has 0 bridgehead atoms. The molecule has 0 fully saturated rings. The maximum Gasteiger partial charge on any atom is 0.407 e. The summed E-state index contributed by atoms with van der Waals surface area (Å²) in [7, 11) is 0. The molecule has 4 heteroatoms. The number of halogens is 1. The molecule has 0 unspecified atom stereocenters. The van der Waals surface area contributed by atoms with Gasteiger partial charge in [-0.2, -0.15) is 0 Å². The highest BCUT2D eigenvalue weighted by atomic mass is 35.5. The second-order valence-corrected chi connectivity index (χ2v) is 3.40. The Morgan fingerprint density at radius 2 is 2.00 bits per heavy atom. The highest BCUT2D eigenvalue weighted by Gasteiger charge is 2.09. The van der Waals surface area contributed by atoms with Gasteiger partial charge < -0.3 is 10.0 Å². The van der Waals surface area contributed by atoms with Crippen molar-refractivity contribution < 1.29 is 9.90 Å². The molecule has 1 amide bonds. The first-order chi connectivity index (χ1) is 6.22. The summed E-state index contributed by atoms with van der Waals surface area (Å²) in [4.78, 5) is 12.0. The van der Waals surface area contributed by atoms with Crippen LogP contribution in [-0.2, 0) is 0 Å². The molecule has 0 saturated carbocycles. The van der Waals surface area contributed by atoms with Gasteiger partial charge in [-0.05, 0) is 6.42 Å². The first kappa shape index (κ1) is 12.6. The van der Waals surface area contributed by atoms with E-state index >= 15 is 0 Å². The molecule has 13 heavy (non-hydrogen) atoms. The topological polar surface area (TPSA) is 40.5 Å². The van der Waals surface area contributed by atoms with Gasteiger partial charge in [0.15, 0.2) is 0 Å². The smallest absolute Gasteiger partial charge is 0.407 e. The summed E-state index contributed by atoms with van der Waals surface area (Å²) in [6.45, 7) is 3.18. The Morgan fingerprint density at radius 1 is 1.31 bits per heavy atom. The second-order valence-electron chi connectivity index (χ2n) is 3.02. The fourth-order valence-corrected chi connectivity index (χ4v) is 1.34. The van der Waals surface area contributed by atoms with Crippen molar-refractivity contribution >= 4 is 17.7 Å². The average Bonchev–Trinajstić information content (AvgIpc) is 2.10. The zero-order valence-corrected chi connectivity index (χ0v) is 8.89. The second kappa shape index (κ2) is 8.17. The predicted molar refractivity (Wildman–Crippen MR) is 54.5 cm³/mol. The minimum Gasteiger partial charge on any atom is -0.465 e. The molecule has 0 saturated heterocycles. The molecule has 0 aliphatic heterocycles. The van der Waals surface area contributed by atoms with Gasteiger partial charge in [0.2, 0.25) is 0 Å². The zero-order chi connectivity index (χ0) is 10.1. The number of alkyl halides is 1. The van der Waals surface area contributed by atoms with Gasteiger partial charge in [-0.15, -0.1) is 11.6 Å². The Morgan fingerprint density at radius 3 is 2.46 bits per heavy atom. The lowest BCUT2D eigenvalue weighted by Crippen LogP contribution is -2.32. The molecule has 0 radical (unpaired) electrons. The van der Waals surface area contributed by atoms with Crippen molar-refractivity contribution in [2.45, 2.75) is 32.6 Å². The van der Waals surface area contributed by atoms with E-state index in [1.807, 2.05) is 0 Å². The van der Waals surface area contributed by atoms with Crippen molar-refractivity contribution in [3.05, 3.63) is 0 Å². The molecular weight excluding hydrogens is 190 g/mol. The third-order valence-corrected chi connectivity index (χ3v) is 2.08. The Labute approximate surface area is 84.7 Å². The third-order valence-electron chi connectivity index (χ3n) is 1.91. The molecule has 0 aromatic heterocycles. The van der Waals surface area contributed by atoms with Crippen LogP contribution in [0, 0.1) is 0 Å². The molecule has 0 spiro atoms. The van der Waals surface area contributed by atoms with Crippen LogP contribution in [0.4, 0.5) is 4.79 Å². The number of unbranched alkanes of at least 4 members (excludes halogenated alkanes) is 3. The van der Waals surface area contributed by atoms with E-state index in [1.165, 1.54) is 17.7 Å². The highest BCUT2D eigenvalue weighted by molar-refractivity contribution is 6.18. The van der Waals surface area contributed by atoms with Gasteiger partial charge in [0, 0.05) is 19.0 Å². The highest BCUT2D eigenvalue weighted by Crippen LogP contribution is 2.01. The van der Waals surface area contributed by atoms with Crippen LogP contribution in [0.15, 0.2) is 0 Å². The minimum absolute atomic E-state index is 0.375. The molecule has 0 rings (SSSR count). The molecular formula is C9H18ClNO2. The number of rotatable bonds is 7. The summed E-state index contributed by atoms with van der Waals surface area (Å²) < 4.78 is 0. The van der Waals surface area contributed by atoms with E-state index in [1.54, 1.807) is 0 Å².